The number of aryl methyl sites for hydroxylation is 2. The van der Waals surface area contributed by atoms with Crippen molar-refractivity contribution in [1.82, 2.24) is 0 Å². The number of ether oxygens (including phenoxy) is 2. The van der Waals surface area contributed by atoms with Gasteiger partial charge in [-0.3, -0.25) is 0 Å². The second kappa shape index (κ2) is 7.28. The molecule has 2 aromatic carbocycles. The molecule has 0 bridgehead atoms. The number of hydrogen-bond donors (Lipinski definition) is 2. The second-order valence-electron chi connectivity index (χ2n) is 4.35. The van der Waals surface area contributed by atoms with Crippen LogP contribution in [0.25, 0.3) is 0 Å². The monoisotopic (exact) mass is 276 g/mol. The number of benzene rings is 2. The summed E-state index contributed by atoms with van der Waals surface area (Å²) in [4.78, 5) is 0. The van der Waals surface area contributed by atoms with Crippen molar-refractivity contribution in [3.8, 4) is 23.0 Å². The maximum atomic E-state index is 9.17. The Bertz CT molecular complexity index is 564. The predicted molar refractivity (Wildman–Crippen MR) is 78.8 cm³/mol. The summed E-state index contributed by atoms with van der Waals surface area (Å²) in [5.41, 5.74) is 2.10. The summed E-state index contributed by atoms with van der Waals surface area (Å²) in [6, 6.07) is 10.5. The highest BCUT2D eigenvalue weighted by molar-refractivity contribution is 5.41. The molecule has 4 heteroatoms. The highest BCUT2D eigenvalue weighted by atomic mass is 16.5. The summed E-state index contributed by atoms with van der Waals surface area (Å²) in [7, 11) is 3.07. The molecule has 0 atom stereocenters. The average molecular weight is 276 g/mol. The van der Waals surface area contributed by atoms with Crippen molar-refractivity contribution in [2.45, 2.75) is 13.8 Å². The third-order valence-electron chi connectivity index (χ3n) is 2.67. The Kier molecular flexibility index (Phi) is 5.72. The first-order valence-corrected chi connectivity index (χ1v) is 6.15. The van der Waals surface area contributed by atoms with Gasteiger partial charge >= 0.3 is 0 Å². The molecule has 0 saturated heterocycles. The molecule has 0 radical (unpaired) electrons. The lowest BCUT2D eigenvalue weighted by Gasteiger charge is -2.02. The molecular formula is C16H20O4. The molecule has 0 saturated carbocycles. The van der Waals surface area contributed by atoms with Crippen LogP contribution in [0.15, 0.2) is 36.4 Å². The maximum Gasteiger partial charge on any atom is 0.160 e. The minimum Gasteiger partial charge on any atom is -0.504 e. The van der Waals surface area contributed by atoms with Gasteiger partial charge in [0.2, 0.25) is 0 Å². The van der Waals surface area contributed by atoms with Gasteiger partial charge in [0.25, 0.3) is 0 Å². The molecule has 108 valence electrons. The molecule has 0 heterocycles. The Balaban J connectivity index is 0.000000200. The first-order chi connectivity index (χ1) is 9.47. The molecule has 0 aromatic heterocycles. The van der Waals surface area contributed by atoms with Crippen LogP contribution in [0.1, 0.15) is 11.1 Å². The first kappa shape index (κ1) is 15.7. The van der Waals surface area contributed by atoms with Gasteiger partial charge in [-0.05, 0) is 49.2 Å². The fraction of sp³-hybridized carbons (Fsp3) is 0.250. The Labute approximate surface area is 119 Å². The first-order valence-electron chi connectivity index (χ1n) is 6.15. The van der Waals surface area contributed by atoms with E-state index in [1.807, 2.05) is 26.0 Å². The largest absolute Gasteiger partial charge is 0.504 e. The topological polar surface area (TPSA) is 58.9 Å². The summed E-state index contributed by atoms with van der Waals surface area (Å²) in [6.07, 6.45) is 0. The van der Waals surface area contributed by atoms with Gasteiger partial charge in [-0.25, -0.2) is 0 Å². The zero-order valence-electron chi connectivity index (χ0n) is 12.2. The van der Waals surface area contributed by atoms with Gasteiger partial charge in [-0.15, -0.1) is 0 Å². The van der Waals surface area contributed by atoms with Crippen LogP contribution in [0.4, 0.5) is 0 Å². The molecule has 2 aromatic rings. The molecular weight excluding hydrogens is 256 g/mol. The molecule has 20 heavy (non-hydrogen) atoms. The number of rotatable bonds is 2. The van der Waals surface area contributed by atoms with Gasteiger partial charge in [0, 0.05) is 0 Å². The lowest BCUT2D eigenvalue weighted by Crippen LogP contribution is -1.83. The molecule has 0 amide bonds. The smallest absolute Gasteiger partial charge is 0.160 e. The highest BCUT2D eigenvalue weighted by Crippen LogP contribution is 2.26. The summed E-state index contributed by atoms with van der Waals surface area (Å²) < 4.78 is 9.73. The van der Waals surface area contributed by atoms with Crippen molar-refractivity contribution in [1.29, 1.82) is 0 Å². The summed E-state index contributed by atoms with van der Waals surface area (Å²) in [5, 5.41) is 18.3. The number of methoxy groups -OCH3 is 2. The van der Waals surface area contributed by atoms with Crippen LogP contribution >= 0.6 is 0 Å². The molecule has 4 nitrogen and oxygen atoms in total. The lowest BCUT2D eigenvalue weighted by atomic mass is 10.2. The summed E-state index contributed by atoms with van der Waals surface area (Å²) >= 11 is 0. The molecule has 2 rings (SSSR count). The third kappa shape index (κ3) is 4.39. The van der Waals surface area contributed by atoms with E-state index in [1.54, 1.807) is 24.3 Å². The molecule has 0 fully saturated rings. The van der Waals surface area contributed by atoms with Crippen molar-refractivity contribution in [3.63, 3.8) is 0 Å². The Morgan fingerprint density at radius 3 is 1.75 bits per heavy atom. The van der Waals surface area contributed by atoms with Gasteiger partial charge in [-0.2, -0.15) is 0 Å². The number of hydrogen-bond acceptors (Lipinski definition) is 4. The Morgan fingerprint density at radius 2 is 1.25 bits per heavy atom. The van der Waals surface area contributed by atoms with Crippen LogP contribution in [0.3, 0.4) is 0 Å². The molecule has 2 N–H and O–H groups in total. The van der Waals surface area contributed by atoms with E-state index in [9.17, 15) is 0 Å². The zero-order valence-corrected chi connectivity index (χ0v) is 12.2. The molecule has 0 aliphatic rings. The van der Waals surface area contributed by atoms with Crippen LogP contribution in [-0.4, -0.2) is 24.4 Å². The third-order valence-corrected chi connectivity index (χ3v) is 2.67. The van der Waals surface area contributed by atoms with E-state index in [1.165, 1.54) is 14.2 Å². The van der Waals surface area contributed by atoms with E-state index in [-0.39, 0.29) is 11.5 Å². The molecule has 0 spiro atoms. The predicted octanol–water partition coefficient (Wildman–Crippen LogP) is 3.42. The summed E-state index contributed by atoms with van der Waals surface area (Å²) in [6.45, 7) is 3.86. The van der Waals surface area contributed by atoms with E-state index in [0.29, 0.717) is 11.5 Å². The van der Waals surface area contributed by atoms with Gasteiger partial charge in [0.05, 0.1) is 14.2 Å². The fourth-order valence-corrected chi connectivity index (χ4v) is 1.58. The van der Waals surface area contributed by atoms with Gasteiger partial charge in [0.1, 0.15) is 0 Å². The molecule has 0 unspecified atom stereocenters. The number of aromatic hydroxyl groups is 2. The highest BCUT2D eigenvalue weighted by Gasteiger charge is 1.98. The van der Waals surface area contributed by atoms with E-state index in [2.05, 4.69) is 0 Å². The van der Waals surface area contributed by atoms with Crippen molar-refractivity contribution < 1.29 is 19.7 Å². The normalized spacial score (nSPS) is 9.40. The maximum absolute atomic E-state index is 9.17. The average Bonchev–Trinajstić information content (AvgIpc) is 2.42. The number of phenolic OH excluding ortho intramolecular Hbond substituents is 2. The minimum absolute atomic E-state index is 0.188. The minimum atomic E-state index is 0.188. The summed E-state index contributed by atoms with van der Waals surface area (Å²) in [5.74, 6) is 1.43. The van der Waals surface area contributed by atoms with Gasteiger partial charge in [-0.1, -0.05) is 12.1 Å². The number of phenols is 2. The van der Waals surface area contributed by atoms with Gasteiger partial charge < -0.3 is 19.7 Å². The van der Waals surface area contributed by atoms with E-state index < -0.39 is 0 Å². The van der Waals surface area contributed by atoms with E-state index >= 15 is 0 Å². The molecule has 0 aliphatic carbocycles. The Morgan fingerprint density at radius 1 is 0.700 bits per heavy atom. The van der Waals surface area contributed by atoms with Crippen LogP contribution < -0.4 is 9.47 Å². The Hall–Kier alpha value is -2.36. The zero-order chi connectivity index (χ0) is 15.1. The van der Waals surface area contributed by atoms with Gasteiger partial charge in [0.15, 0.2) is 23.0 Å². The van der Waals surface area contributed by atoms with Crippen LogP contribution in [-0.2, 0) is 0 Å². The molecule has 0 aliphatic heterocycles. The van der Waals surface area contributed by atoms with E-state index in [0.717, 1.165) is 11.1 Å². The lowest BCUT2D eigenvalue weighted by molar-refractivity contribution is 0.373. The standard InChI is InChI=1S/2C8H10O2/c1-6-3-4-8(10-2)7(9)5-6;1-6-3-4-7(9)8(5-6)10-2/h2*3-5,9H,1-2H3. The fourth-order valence-electron chi connectivity index (χ4n) is 1.58. The van der Waals surface area contributed by atoms with Crippen molar-refractivity contribution in [3.05, 3.63) is 47.5 Å². The van der Waals surface area contributed by atoms with Crippen LogP contribution in [0, 0.1) is 13.8 Å². The van der Waals surface area contributed by atoms with Crippen molar-refractivity contribution in [2.24, 2.45) is 0 Å². The van der Waals surface area contributed by atoms with Crippen LogP contribution in [0.2, 0.25) is 0 Å². The van der Waals surface area contributed by atoms with E-state index in [4.69, 9.17) is 19.7 Å². The quantitative estimate of drug-likeness (QED) is 0.882. The van der Waals surface area contributed by atoms with Crippen LogP contribution in [0.5, 0.6) is 23.0 Å². The SMILES string of the molecule is COc1cc(C)ccc1O.COc1ccc(C)cc1O. The van der Waals surface area contributed by atoms with Crippen molar-refractivity contribution >= 4 is 0 Å². The second-order valence-corrected chi connectivity index (χ2v) is 4.35. The van der Waals surface area contributed by atoms with Crippen molar-refractivity contribution in [2.75, 3.05) is 14.2 Å².